The fraction of sp³-hybridized carbons (Fsp3) is 0.900. The Morgan fingerprint density at radius 2 is 1.52 bits per heavy atom. The lowest BCUT2D eigenvalue weighted by molar-refractivity contribution is -0.137. The fourth-order valence-electron chi connectivity index (χ4n) is 4.80. The summed E-state index contributed by atoms with van der Waals surface area (Å²) in [5.74, 6) is -0.754. The van der Waals surface area contributed by atoms with Gasteiger partial charge in [-0.25, -0.2) is 4.79 Å². The molecule has 4 fully saturated rings. The van der Waals surface area contributed by atoms with Crippen LogP contribution in [0.4, 0.5) is 4.79 Å². The number of carbonyl (C=O) groups is 2. The minimum atomic E-state index is -0.754. The molecule has 4 aliphatic rings. The summed E-state index contributed by atoms with van der Waals surface area (Å²) in [6, 6.07) is 0.886. The monoisotopic (exact) mass is 409 g/mol. The van der Waals surface area contributed by atoms with E-state index in [4.69, 9.17) is 9.84 Å². The summed E-state index contributed by atoms with van der Waals surface area (Å²) in [5, 5.41) is 8.84. The van der Waals surface area contributed by atoms with Crippen molar-refractivity contribution in [3.05, 3.63) is 0 Å². The minimum absolute atomic E-state index is 0.0424. The maximum absolute atomic E-state index is 12.5. The van der Waals surface area contributed by atoms with Gasteiger partial charge in [0.25, 0.3) is 0 Å². The van der Waals surface area contributed by atoms with Crippen molar-refractivity contribution >= 4 is 12.1 Å². The lowest BCUT2D eigenvalue weighted by Gasteiger charge is -2.38. The van der Waals surface area contributed by atoms with E-state index in [-0.39, 0.29) is 24.8 Å². The number of amides is 1. The SMILES string of the molecule is CC1C(N2CCN(CCC(=O)O)CC2)OC(=O)N1CCN1CCN(C2CC2)CC1. The third-order valence-electron chi connectivity index (χ3n) is 6.90. The van der Waals surface area contributed by atoms with Gasteiger partial charge in [-0.2, -0.15) is 0 Å². The molecule has 9 heteroatoms. The molecule has 0 spiro atoms. The second-order valence-corrected chi connectivity index (χ2v) is 8.84. The van der Waals surface area contributed by atoms with Crippen molar-refractivity contribution in [2.45, 2.75) is 44.5 Å². The van der Waals surface area contributed by atoms with Crippen LogP contribution in [0.3, 0.4) is 0 Å². The van der Waals surface area contributed by atoms with E-state index in [1.807, 2.05) is 4.90 Å². The Morgan fingerprint density at radius 1 is 0.931 bits per heavy atom. The molecule has 1 saturated carbocycles. The first-order valence-electron chi connectivity index (χ1n) is 11.1. The Hall–Kier alpha value is -1.42. The zero-order chi connectivity index (χ0) is 20.4. The molecule has 0 radical (unpaired) electrons. The Bertz CT molecular complexity index is 585. The maximum Gasteiger partial charge on any atom is 0.411 e. The van der Waals surface area contributed by atoms with E-state index in [9.17, 15) is 9.59 Å². The van der Waals surface area contributed by atoms with Crippen LogP contribution in [0.2, 0.25) is 0 Å². The second kappa shape index (κ2) is 9.16. The molecule has 3 saturated heterocycles. The highest BCUT2D eigenvalue weighted by molar-refractivity contribution is 5.70. The van der Waals surface area contributed by atoms with Crippen molar-refractivity contribution < 1.29 is 19.4 Å². The minimum Gasteiger partial charge on any atom is -0.481 e. The van der Waals surface area contributed by atoms with E-state index in [0.717, 1.165) is 71.5 Å². The van der Waals surface area contributed by atoms with Crippen molar-refractivity contribution in [1.29, 1.82) is 0 Å². The van der Waals surface area contributed by atoms with Crippen molar-refractivity contribution in [2.75, 3.05) is 72.0 Å². The summed E-state index contributed by atoms with van der Waals surface area (Å²) in [6.45, 7) is 12.0. The van der Waals surface area contributed by atoms with Gasteiger partial charge < -0.3 is 14.7 Å². The number of carboxylic acids is 1. The predicted molar refractivity (Wildman–Crippen MR) is 108 cm³/mol. The molecular formula is C20H35N5O4. The third kappa shape index (κ3) is 5.20. The average Bonchev–Trinajstić information content (AvgIpc) is 3.52. The van der Waals surface area contributed by atoms with Gasteiger partial charge in [0.2, 0.25) is 0 Å². The molecule has 3 aliphatic heterocycles. The molecule has 3 heterocycles. The second-order valence-electron chi connectivity index (χ2n) is 8.84. The Balaban J connectivity index is 1.20. The van der Waals surface area contributed by atoms with Crippen molar-refractivity contribution in [2.24, 2.45) is 0 Å². The molecule has 1 amide bonds. The van der Waals surface area contributed by atoms with E-state index in [2.05, 4.69) is 26.5 Å². The molecule has 2 atom stereocenters. The molecule has 1 aliphatic carbocycles. The highest BCUT2D eigenvalue weighted by Crippen LogP contribution is 2.27. The van der Waals surface area contributed by atoms with Crippen LogP contribution >= 0.6 is 0 Å². The number of ether oxygens (including phenoxy) is 1. The average molecular weight is 410 g/mol. The summed E-state index contributed by atoms with van der Waals surface area (Å²) in [7, 11) is 0. The number of carbonyl (C=O) groups excluding carboxylic acids is 1. The Labute approximate surface area is 173 Å². The summed E-state index contributed by atoms with van der Waals surface area (Å²) in [6.07, 6.45) is 2.51. The fourth-order valence-corrected chi connectivity index (χ4v) is 4.80. The number of carboxylic acid groups (broad SMARTS) is 1. The normalized spacial score (nSPS) is 30.7. The summed E-state index contributed by atoms with van der Waals surface area (Å²) in [5.41, 5.74) is 0. The van der Waals surface area contributed by atoms with Gasteiger partial charge in [0.05, 0.1) is 12.5 Å². The molecule has 2 unspecified atom stereocenters. The van der Waals surface area contributed by atoms with E-state index in [1.54, 1.807) is 0 Å². The van der Waals surface area contributed by atoms with Gasteiger partial charge in [0, 0.05) is 78.0 Å². The molecule has 29 heavy (non-hydrogen) atoms. The number of nitrogens with zero attached hydrogens (tertiary/aromatic N) is 5. The molecule has 0 bridgehead atoms. The predicted octanol–water partition coefficient (Wildman–Crippen LogP) is 0.0255. The van der Waals surface area contributed by atoms with Crippen LogP contribution < -0.4 is 0 Å². The van der Waals surface area contributed by atoms with Crippen LogP contribution in [-0.2, 0) is 9.53 Å². The number of hydrogen-bond donors (Lipinski definition) is 1. The summed E-state index contributed by atoms with van der Waals surface area (Å²) in [4.78, 5) is 34.6. The van der Waals surface area contributed by atoms with Crippen LogP contribution in [0, 0.1) is 0 Å². The first-order chi connectivity index (χ1) is 14.0. The van der Waals surface area contributed by atoms with Crippen molar-refractivity contribution in [1.82, 2.24) is 24.5 Å². The molecule has 4 rings (SSSR count). The summed E-state index contributed by atoms with van der Waals surface area (Å²) < 4.78 is 5.73. The number of cyclic esters (lactones) is 1. The molecule has 164 valence electrons. The van der Waals surface area contributed by atoms with Crippen LogP contribution in [0.15, 0.2) is 0 Å². The topological polar surface area (TPSA) is 79.8 Å². The van der Waals surface area contributed by atoms with Gasteiger partial charge in [-0.3, -0.25) is 24.4 Å². The van der Waals surface area contributed by atoms with E-state index in [0.29, 0.717) is 6.54 Å². The van der Waals surface area contributed by atoms with Crippen molar-refractivity contribution in [3.8, 4) is 0 Å². The standard InChI is InChI=1S/C20H35N5O4/c1-16-19(24-13-8-21(9-14-24)5-4-18(26)27)29-20(28)25(16)15-10-22-6-11-23(12-7-22)17-2-3-17/h16-17,19H,2-15H2,1H3,(H,26,27). The van der Waals surface area contributed by atoms with E-state index < -0.39 is 5.97 Å². The maximum atomic E-state index is 12.5. The number of aliphatic carboxylic acids is 1. The van der Waals surface area contributed by atoms with Gasteiger partial charge >= 0.3 is 12.1 Å². The molecule has 0 aromatic carbocycles. The Morgan fingerprint density at radius 3 is 2.10 bits per heavy atom. The highest BCUT2D eigenvalue weighted by Gasteiger charge is 2.42. The molecule has 0 aromatic heterocycles. The number of piperazine rings is 2. The van der Waals surface area contributed by atoms with Crippen LogP contribution in [0.5, 0.6) is 0 Å². The van der Waals surface area contributed by atoms with Gasteiger partial charge in [-0.1, -0.05) is 0 Å². The zero-order valence-corrected chi connectivity index (χ0v) is 17.5. The van der Waals surface area contributed by atoms with Crippen LogP contribution in [0.25, 0.3) is 0 Å². The molecule has 1 N–H and O–H groups in total. The van der Waals surface area contributed by atoms with Crippen LogP contribution in [-0.4, -0.2) is 132 Å². The quantitative estimate of drug-likeness (QED) is 0.601. The number of hydrogen-bond acceptors (Lipinski definition) is 7. The largest absolute Gasteiger partial charge is 0.481 e. The summed E-state index contributed by atoms with van der Waals surface area (Å²) >= 11 is 0. The van der Waals surface area contributed by atoms with Crippen LogP contribution in [0.1, 0.15) is 26.2 Å². The van der Waals surface area contributed by atoms with Gasteiger partial charge in [-0.15, -0.1) is 0 Å². The van der Waals surface area contributed by atoms with Gasteiger partial charge in [0.1, 0.15) is 0 Å². The first-order valence-corrected chi connectivity index (χ1v) is 11.1. The lowest BCUT2D eigenvalue weighted by Crippen LogP contribution is -2.54. The zero-order valence-electron chi connectivity index (χ0n) is 17.5. The Kier molecular flexibility index (Phi) is 6.58. The number of rotatable bonds is 8. The lowest BCUT2D eigenvalue weighted by atomic mass is 10.2. The van der Waals surface area contributed by atoms with Gasteiger partial charge in [0.15, 0.2) is 6.23 Å². The molecular weight excluding hydrogens is 374 g/mol. The van der Waals surface area contributed by atoms with E-state index >= 15 is 0 Å². The molecule has 0 aromatic rings. The van der Waals surface area contributed by atoms with E-state index in [1.165, 1.54) is 12.8 Å². The molecule has 9 nitrogen and oxygen atoms in total. The van der Waals surface area contributed by atoms with Gasteiger partial charge in [-0.05, 0) is 19.8 Å². The van der Waals surface area contributed by atoms with Crippen molar-refractivity contribution in [3.63, 3.8) is 0 Å². The third-order valence-corrected chi connectivity index (χ3v) is 6.90. The highest BCUT2D eigenvalue weighted by atomic mass is 16.6. The smallest absolute Gasteiger partial charge is 0.411 e. The first kappa shape index (κ1) is 20.8.